The van der Waals surface area contributed by atoms with E-state index in [1.807, 2.05) is 6.07 Å². The number of phenolic OH excluding ortho intramolecular Hbond substituents is 1. The molecule has 3 aliphatic heterocycles. The zero-order chi connectivity index (χ0) is 20.2. The molecular formula is C24H29BrN2O2. The van der Waals surface area contributed by atoms with E-state index in [9.17, 15) is 5.11 Å². The van der Waals surface area contributed by atoms with Gasteiger partial charge >= 0.3 is 0 Å². The van der Waals surface area contributed by atoms with Crippen LogP contribution in [0.2, 0.25) is 0 Å². The molecule has 3 heterocycles. The lowest BCUT2D eigenvalue weighted by atomic mass is 9.82. The Kier molecular flexibility index (Phi) is 4.78. The summed E-state index contributed by atoms with van der Waals surface area (Å²) in [5, 5.41) is 13.8. The van der Waals surface area contributed by atoms with Gasteiger partial charge < -0.3 is 20.1 Å². The van der Waals surface area contributed by atoms with Crippen LogP contribution in [-0.4, -0.2) is 35.7 Å². The Morgan fingerprint density at radius 3 is 2.59 bits per heavy atom. The Bertz CT molecular complexity index is 934. The second-order valence-electron chi connectivity index (χ2n) is 9.26. The SMILES string of the molecule is CC1(C)OC2(CCN(CC3Cc4c(Br)ccc(O)c4CN3)CC2)c2ccccc21. The van der Waals surface area contributed by atoms with Crippen molar-refractivity contribution in [3.8, 4) is 5.75 Å². The Labute approximate surface area is 181 Å². The second-order valence-corrected chi connectivity index (χ2v) is 10.1. The average molecular weight is 457 g/mol. The number of hydrogen-bond donors (Lipinski definition) is 2. The van der Waals surface area contributed by atoms with Crippen molar-refractivity contribution < 1.29 is 9.84 Å². The van der Waals surface area contributed by atoms with Crippen molar-refractivity contribution in [2.45, 2.75) is 56.9 Å². The molecule has 0 saturated carbocycles. The number of halogens is 1. The molecule has 0 bridgehead atoms. The first-order valence-corrected chi connectivity index (χ1v) is 11.4. The molecule has 29 heavy (non-hydrogen) atoms. The van der Waals surface area contributed by atoms with Gasteiger partial charge in [0, 0.05) is 42.3 Å². The van der Waals surface area contributed by atoms with E-state index in [2.05, 4.69) is 64.3 Å². The van der Waals surface area contributed by atoms with Crippen molar-refractivity contribution in [3.05, 3.63) is 63.1 Å². The van der Waals surface area contributed by atoms with E-state index in [4.69, 9.17) is 4.74 Å². The first-order valence-electron chi connectivity index (χ1n) is 10.6. The van der Waals surface area contributed by atoms with Gasteiger partial charge in [-0.3, -0.25) is 0 Å². The largest absolute Gasteiger partial charge is 0.508 e. The first kappa shape index (κ1) is 19.6. The lowest BCUT2D eigenvalue weighted by Gasteiger charge is -2.42. The highest BCUT2D eigenvalue weighted by Crippen LogP contribution is 2.51. The van der Waals surface area contributed by atoms with Crippen LogP contribution in [0.4, 0.5) is 0 Å². The minimum absolute atomic E-state index is 0.127. The van der Waals surface area contributed by atoms with Gasteiger partial charge in [0.1, 0.15) is 5.75 Å². The molecule has 5 heteroatoms. The molecule has 1 unspecified atom stereocenters. The molecule has 1 fully saturated rings. The summed E-state index contributed by atoms with van der Waals surface area (Å²) in [6.45, 7) is 8.26. The zero-order valence-electron chi connectivity index (χ0n) is 17.2. The summed E-state index contributed by atoms with van der Waals surface area (Å²) in [6, 6.07) is 12.9. The van der Waals surface area contributed by atoms with Crippen LogP contribution < -0.4 is 5.32 Å². The molecular weight excluding hydrogens is 428 g/mol. The highest BCUT2D eigenvalue weighted by atomic mass is 79.9. The number of rotatable bonds is 2. The van der Waals surface area contributed by atoms with Gasteiger partial charge in [0.2, 0.25) is 0 Å². The predicted molar refractivity (Wildman–Crippen MR) is 118 cm³/mol. The van der Waals surface area contributed by atoms with Crippen LogP contribution >= 0.6 is 15.9 Å². The zero-order valence-corrected chi connectivity index (χ0v) is 18.8. The predicted octanol–water partition coefficient (Wildman–Crippen LogP) is 4.43. The summed E-state index contributed by atoms with van der Waals surface area (Å²) in [4.78, 5) is 2.57. The fourth-order valence-electron chi connectivity index (χ4n) is 5.55. The molecule has 0 radical (unpaired) electrons. The highest BCUT2D eigenvalue weighted by molar-refractivity contribution is 9.10. The standard InChI is InChI=1S/C24H29BrN2O2/c1-23(2)19-5-3-4-6-20(19)24(29-23)9-11-27(12-10-24)15-16-13-17-18(14-26-16)22(28)8-7-21(17)25/h3-8,16,26,28H,9-15H2,1-2H3. The smallest absolute Gasteiger partial charge is 0.120 e. The van der Waals surface area contributed by atoms with Gasteiger partial charge in [0.15, 0.2) is 0 Å². The molecule has 1 atom stereocenters. The van der Waals surface area contributed by atoms with Crippen molar-refractivity contribution in [2.24, 2.45) is 0 Å². The Hall–Kier alpha value is -1.40. The summed E-state index contributed by atoms with van der Waals surface area (Å²) in [7, 11) is 0. The van der Waals surface area contributed by atoms with Crippen molar-refractivity contribution >= 4 is 15.9 Å². The van der Waals surface area contributed by atoms with Gasteiger partial charge in [0.25, 0.3) is 0 Å². The van der Waals surface area contributed by atoms with E-state index in [-0.39, 0.29) is 11.2 Å². The Balaban J connectivity index is 1.26. The third kappa shape index (κ3) is 3.32. The lowest BCUT2D eigenvalue weighted by molar-refractivity contribution is -0.150. The van der Waals surface area contributed by atoms with E-state index in [1.165, 1.54) is 16.7 Å². The molecule has 2 aromatic rings. The first-order chi connectivity index (χ1) is 13.9. The maximum Gasteiger partial charge on any atom is 0.120 e. The van der Waals surface area contributed by atoms with Crippen LogP contribution in [0.5, 0.6) is 5.75 Å². The van der Waals surface area contributed by atoms with E-state index < -0.39 is 0 Å². The van der Waals surface area contributed by atoms with Crippen LogP contribution in [0.3, 0.4) is 0 Å². The average Bonchev–Trinajstić information content (AvgIpc) is 2.94. The molecule has 0 aliphatic carbocycles. The number of likely N-dealkylation sites (tertiary alicyclic amines) is 1. The minimum Gasteiger partial charge on any atom is -0.508 e. The van der Waals surface area contributed by atoms with Crippen molar-refractivity contribution in [3.63, 3.8) is 0 Å². The summed E-state index contributed by atoms with van der Waals surface area (Å²) in [6.07, 6.45) is 3.03. The molecule has 4 nitrogen and oxygen atoms in total. The number of ether oxygens (including phenoxy) is 1. The Morgan fingerprint density at radius 1 is 1.10 bits per heavy atom. The monoisotopic (exact) mass is 456 g/mol. The molecule has 154 valence electrons. The topological polar surface area (TPSA) is 44.7 Å². The number of phenols is 1. The van der Waals surface area contributed by atoms with Gasteiger partial charge in [-0.1, -0.05) is 40.2 Å². The molecule has 0 amide bonds. The molecule has 3 aliphatic rings. The molecule has 2 aromatic carbocycles. The highest BCUT2D eigenvalue weighted by Gasteiger charge is 2.49. The van der Waals surface area contributed by atoms with Crippen molar-refractivity contribution in [1.82, 2.24) is 10.2 Å². The van der Waals surface area contributed by atoms with Gasteiger partial charge in [-0.05, 0) is 61.9 Å². The van der Waals surface area contributed by atoms with Crippen LogP contribution in [0.25, 0.3) is 0 Å². The summed E-state index contributed by atoms with van der Waals surface area (Å²) in [5.74, 6) is 0.397. The normalized spacial score (nSPS) is 25.0. The van der Waals surface area contributed by atoms with Crippen molar-refractivity contribution in [2.75, 3.05) is 19.6 Å². The van der Waals surface area contributed by atoms with Crippen molar-refractivity contribution in [1.29, 1.82) is 0 Å². The molecule has 0 aromatic heterocycles. The van der Waals surface area contributed by atoms with E-state index >= 15 is 0 Å². The fourth-order valence-corrected chi connectivity index (χ4v) is 6.08. The van der Waals surface area contributed by atoms with Gasteiger partial charge in [0.05, 0.1) is 11.2 Å². The van der Waals surface area contributed by atoms with Gasteiger partial charge in [-0.25, -0.2) is 0 Å². The summed E-state index contributed by atoms with van der Waals surface area (Å²) in [5.41, 5.74) is 4.69. The van der Waals surface area contributed by atoms with E-state index in [1.54, 1.807) is 6.07 Å². The summed E-state index contributed by atoms with van der Waals surface area (Å²) >= 11 is 3.67. The van der Waals surface area contributed by atoms with Crippen LogP contribution in [-0.2, 0) is 28.9 Å². The molecule has 2 N–H and O–H groups in total. The molecule has 1 spiro atoms. The third-order valence-electron chi connectivity index (χ3n) is 7.03. The molecule has 1 saturated heterocycles. The van der Waals surface area contributed by atoms with Crippen LogP contribution in [0.1, 0.15) is 48.9 Å². The number of benzene rings is 2. The van der Waals surface area contributed by atoms with Gasteiger partial charge in [-0.2, -0.15) is 0 Å². The quantitative estimate of drug-likeness (QED) is 0.701. The summed E-state index contributed by atoms with van der Waals surface area (Å²) < 4.78 is 7.79. The minimum atomic E-state index is -0.207. The van der Waals surface area contributed by atoms with Gasteiger partial charge in [-0.15, -0.1) is 0 Å². The number of piperidine rings is 1. The number of aromatic hydroxyl groups is 1. The van der Waals surface area contributed by atoms with E-state index in [0.29, 0.717) is 11.8 Å². The second kappa shape index (κ2) is 7.09. The number of hydrogen-bond acceptors (Lipinski definition) is 4. The van der Waals surface area contributed by atoms with Crippen LogP contribution in [0, 0.1) is 0 Å². The maximum absolute atomic E-state index is 10.1. The number of fused-ring (bicyclic) bond motifs is 3. The molecule has 5 rings (SSSR count). The van der Waals surface area contributed by atoms with Crippen LogP contribution in [0.15, 0.2) is 40.9 Å². The third-order valence-corrected chi connectivity index (χ3v) is 7.77. The maximum atomic E-state index is 10.1. The number of nitrogens with zero attached hydrogens (tertiary/aromatic N) is 1. The Morgan fingerprint density at radius 2 is 1.83 bits per heavy atom. The lowest BCUT2D eigenvalue weighted by Crippen LogP contribution is -2.50. The fraction of sp³-hybridized carbons (Fsp3) is 0.500. The van der Waals surface area contributed by atoms with E-state index in [0.717, 1.165) is 55.5 Å². The number of nitrogens with one attached hydrogen (secondary N) is 1.